The molecular weight excluding hydrogens is 270 g/mol. The number of hydrogen-bond acceptors (Lipinski definition) is 3. The third kappa shape index (κ3) is 3.40. The summed E-state index contributed by atoms with van der Waals surface area (Å²) in [5, 5.41) is 12.8. The van der Waals surface area contributed by atoms with Crippen molar-refractivity contribution in [3.63, 3.8) is 0 Å². The number of rotatable bonds is 3. The van der Waals surface area contributed by atoms with Gasteiger partial charge in [-0.15, -0.1) is 11.8 Å². The number of aliphatic carboxylic acids is 1. The topological polar surface area (TPSA) is 49.3 Å². The van der Waals surface area contributed by atoms with Crippen molar-refractivity contribution in [2.45, 2.75) is 75.5 Å². The van der Waals surface area contributed by atoms with Crippen LogP contribution in [0.2, 0.25) is 0 Å². The average Bonchev–Trinajstić information content (AvgIpc) is 2.60. The van der Waals surface area contributed by atoms with Gasteiger partial charge in [-0.2, -0.15) is 0 Å². The molecule has 1 atom stereocenters. The van der Waals surface area contributed by atoms with E-state index in [-0.39, 0.29) is 9.62 Å². The van der Waals surface area contributed by atoms with Gasteiger partial charge in [0.15, 0.2) is 0 Å². The van der Waals surface area contributed by atoms with E-state index in [2.05, 4.69) is 25.2 Å². The van der Waals surface area contributed by atoms with Gasteiger partial charge in [-0.1, -0.05) is 25.5 Å². The van der Waals surface area contributed by atoms with Crippen molar-refractivity contribution in [3.8, 4) is 0 Å². The SMILES string of the molecule is CC(C)CC=C1CCC2(CC1)N[C@H](C(=O)O)C(C)(C)S2. The van der Waals surface area contributed by atoms with Gasteiger partial charge in [0, 0.05) is 4.75 Å². The molecule has 1 aliphatic carbocycles. The number of nitrogens with one attached hydrogen (secondary N) is 1. The molecule has 4 heteroatoms. The van der Waals surface area contributed by atoms with Gasteiger partial charge in [-0.25, -0.2) is 0 Å². The summed E-state index contributed by atoms with van der Waals surface area (Å²) in [6.45, 7) is 8.58. The van der Waals surface area contributed by atoms with E-state index in [1.54, 1.807) is 5.57 Å². The maximum absolute atomic E-state index is 11.4. The van der Waals surface area contributed by atoms with Gasteiger partial charge in [0.2, 0.25) is 0 Å². The minimum absolute atomic E-state index is 0.0261. The monoisotopic (exact) mass is 297 g/mol. The second-order valence-corrected chi connectivity index (χ2v) is 9.15. The summed E-state index contributed by atoms with van der Waals surface area (Å²) in [4.78, 5) is 11.4. The lowest BCUT2D eigenvalue weighted by molar-refractivity contribution is -0.140. The van der Waals surface area contributed by atoms with Crippen molar-refractivity contribution in [2.75, 3.05) is 0 Å². The van der Waals surface area contributed by atoms with Gasteiger partial charge in [0.1, 0.15) is 6.04 Å². The summed E-state index contributed by atoms with van der Waals surface area (Å²) < 4.78 is -0.231. The van der Waals surface area contributed by atoms with Gasteiger partial charge in [0.05, 0.1) is 4.87 Å². The average molecular weight is 297 g/mol. The van der Waals surface area contributed by atoms with Gasteiger partial charge in [-0.05, 0) is 51.9 Å². The van der Waals surface area contributed by atoms with Crippen molar-refractivity contribution >= 4 is 17.7 Å². The molecule has 1 saturated carbocycles. The molecule has 0 aromatic heterocycles. The van der Waals surface area contributed by atoms with Gasteiger partial charge in [0.25, 0.3) is 0 Å². The van der Waals surface area contributed by atoms with Crippen LogP contribution in [0, 0.1) is 5.92 Å². The Bertz CT molecular complexity index is 405. The van der Waals surface area contributed by atoms with E-state index in [1.807, 2.05) is 25.6 Å². The lowest BCUT2D eigenvalue weighted by atomic mass is 9.88. The molecule has 0 aromatic rings. The quantitative estimate of drug-likeness (QED) is 0.778. The van der Waals surface area contributed by atoms with Crippen LogP contribution in [0.15, 0.2) is 11.6 Å². The van der Waals surface area contributed by atoms with Gasteiger partial charge in [-0.3, -0.25) is 10.1 Å². The summed E-state index contributed by atoms with van der Waals surface area (Å²) in [6, 6.07) is -0.436. The number of thioether (sulfide) groups is 1. The summed E-state index contributed by atoms with van der Waals surface area (Å²) in [5.41, 5.74) is 1.56. The molecule has 2 fully saturated rings. The Morgan fingerprint density at radius 1 is 1.45 bits per heavy atom. The van der Waals surface area contributed by atoms with Crippen molar-refractivity contribution in [2.24, 2.45) is 5.92 Å². The second-order valence-electron chi connectivity index (χ2n) is 7.11. The summed E-state index contributed by atoms with van der Waals surface area (Å²) in [7, 11) is 0. The standard InChI is InChI=1S/C16H27NO2S/c1-11(2)5-6-12-7-9-16(10-8-12)17-13(14(18)19)15(3,4)20-16/h6,11,13,17H,5,7-10H2,1-4H3,(H,18,19)/t13-,16?/m1/s1. The first kappa shape index (κ1) is 15.9. The van der Waals surface area contributed by atoms with E-state index in [1.165, 1.54) is 0 Å². The zero-order valence-electron chi connectivity index (χ0n) is 13.0. The maximum Gasteiger partial charge on any atom is 0.322 e. The van der Waals surface area contributed by atoms with Crippen LogP contribution in [0.25, 0.3) is 0 Å². The van der Waals surface area contributed by atoms with Crippen LogP contribution in [0.4, 0.5) is 0 Å². The Morgan fingerprint density at radius 3 is 2.50 bits per heavy atom. The van der Waals surface area contributed by atoms with Crippen molar-refractivity contribution < 1.29 is 9.90 Å². The fourth-order valence-electron chi connectivity index (χ4n) is 3.22. The van der Waals surface area contributed by atoms with Crippen LogP contribution in [-0.2, 0) is 4.79 Å². The fraction of sp³-hybridized carbons (Fsp3) is 0.812. The minimum atomic E-state index is -0.722. The third-order valence-corrected chi connectivity index (χ3v) is 6.06. The van der Waals surface area contributed by atoms with E-state index >= 15 is 0 Å². The van der Waals surface area contributed by atoms with Gasteiger partial charge >= 0.3 is 5.97 Å². The summed E-state index contributed by atoms with van der Waals surface area (Å²) >= 11 is 1.83. The highest BCUT2D eigenvalue weighted by Gasteiger charge is 2.53. The molecule has 3 nitrogen and oxygen atoms in total. The third-order valence-electron chi connectivity index (χ3n) is 4.39. The Morgan fingerprint density at radius 2 is 2.05 bits per heavy atom. The van der Waals surface area contributed by atoms with Crippen molar-refractivity contribution in [1.82, 2.24) is 5.32 Å². The smallest absolute Gasteiger partial charge is 0.322 e. The minimum Gasteiger partial charge on any atom is -0.480 e. The highest BCUT2D eigenvalue weighted by Crippen LogP contribution is 2.52. The molecule has 0 bridgehead atoms. The number of hydrogen-bond donors (Lipinski definition) is 2. The van der Waals surface area contributed by atoms with Crippen molar-refractivity contribution in [1.29, 1.82) is 0 Å². The predicted octanol–water partition coefficient (Wildman–Crippen LogP) is 3.80. The number of carbonyl (C=O) groups is 1. The molecule has 0 aromatic carbocycles. The van der Waals surface area contributed by atoms with Crippen LogP contribution in [-0.4, -0.2) is 26.7 Å². The normalized spacial score (nSPS) is 32.9. The Hall–Kier alpha value is -0.480. The molecule has 0 unspecified atom stereocenters. The lowest BCUT2D eigenvalue weighted by Crippen LogP contribution is -2.49. The van der Waals surface area contributed by atoms with Crippen molar-refractivity contribution in [3.05, 3.63) is 11.6 Å². The first-order valence-electron chi connectivity index (χ1n) is 7.63. The first-order valence-corrected chi connectivity index (χ1v) is 8.44. The summed E-state index contributed by atoms with van der Waals surface area (Å²) in [5.74, 6) is -0.00628. The Balaban J connectivity index is 2.00. The zero-order valence-corrected chi connectivity index (χ0v) is 13.8. The second kappa shape index (κ2) is 5.72. The molecule has 0 radical (unpaired) electrons. The molecule has 20 heavy (non-hydrogen) atoms. The lowest BCUT2D eigenvalue weighted by Gasteiger charge is -2.35. The van der Waals surface area contributed by atoms with Crippen LogP contribution in [0.3, 0.4) is 0 Å². The summed E-state index contributed by atoms with van der Waals surface area (Å²) in [6.07, 6.45) is 7.87. The zero-order chi connectivity index (χ0) is 15.0. The highest BCUT2D eigenvalue weighted by molar-refractivity contribution is 8.02. The number of allylic oxidation sites excluding steroid dienone is 2. The Labute approximate surface area is 126 Å². The van der Waals surface area contributed by atoms with E-state index < -0.39 is 12.0 Å². The van der Waals surface area contributed by atoms with Crippen LogP contribution >= 0.6 is 11.8 Å². The molecular formula is C16H27NO2S. The maximum atomic E-state index is 11.4. The number of carboxylic acid groups (broad SMARTS) is 1. The molecule has 2 aliphatic rings. The molecule has 1 saturated heterocycles. The fourth-order valence-corrected chi connectivity index (χ4v) is 5.09. The van der Waals surface area contributed by atoms with E-state index in [4.69, 9.17) is 0 Å². The highest BCUT2D eigenvalue weighted by atomic mass is 32.2. The largest absolute Gasteiger partial charge is 0.480 e. The van der Waals surface area contributed by atoms with Gasteiger partial charge < -0.3 is 5.11 Å². The molecule has 1 aliphatic heterocycles. The molecule has 114 valence electrons. The molecule has 2 rings (SSSR count). The van der Waals surface area contributed by atoms with Crippen LogP contribution < -0.4 is 5.32 Å². The molecule has 1 heterocycles. The van der Waals surface area contributed by atoms with Crippen LogP contribution in [0.1, 0.15) is 59.8 Å². The number of carboxylic acids is 1. The van der Waals surface area contributed by atoms with E-state index in [9.17, 15) is 9.90 Å². The molecule has 1 spiro atoms. The first-order chi connectivity index (χ1) is 9.24. The Kier molecular flexibility index (Phi) is 4.55. The molecule has 2 N–H and O–H groups in total. The van der Waals surface area contributed by atoms with Crippen LogP contribution in [0.5, 0.6) is 0 Å². The molecule has 0 amide bonds. The predicted molar refractivity (Wildman–Crippen MR) is 85.0 cm³/mol. The van der Waals surface area contributed by atoms with E-state index in [0.717, 1.165) is 32.1 Å². The van der Waals surface area contributed by atoms with E-state index in [0.29, 0.717) is 5.92 Å².